The van der Waals surface area contributed by atoms with E-state index in [4.69, 9.17) is 22.1 Å². The monoisotopic (exact) mass is 216 g/mol. The van der Waals surface area contributed by atoms with Crippen LogP contribution in [0.2, 0.25) is 0 Å². The Kier molecular flexibility index (Phi) is 3.46. The van der Waals surface area contributed by atoms with E-state index in [-0.39, 0.29) is 0 Å². The molecule has 5 heteroatoms. The topological polar surface area (TPSA) is 66.8 Å². The first-order chi connectivity index (χ1) is 6.67. The highest BCUT2D eigenvalue weighted by Crippen LogP contribution is 2.26. The number of benzene rings is 1. The van der Waals surface area contributed by atoms with Gasteiger partial charge in [-0.25, -0.2) is 4.79 Å². The number of aliphatic hydroxyl groups excluding tert-OH is 1. The molecule has 0 spiro atoms. The van der Waals surface area contributed by atoms with Crippen molar-refractivity contribution in [2.75, 3.05) is 6.61 Å². The van der Waals surface area contributed by atoms with Crippen LogP contribution in [-0.2, 0) is 14.7 Å². The summed E-state index contributed by atoms with van der Waals surface area (Å²) >= 11 is 5.11. The summed E-state index contributed by atoms with van der Waals surface area (Å²) in [6.07, 6.45) is 0. The van der Waals surface area contributed by atoms with Crippen LogP contribution in [0.4, 0.5) is 0 Å². The van der Waals surface area contributed by atoms with Gasteiger partial charge in [-0.15, -0.1) is 0 Å². The Balaban J connectivity index is 3.18. The van der Waals surface area contributed by atoms with Gasteiger partial charge >= 0.3 is 5.97 Å². The van der Waals surface area contributed by atoms with Crippen molar-refractivity contribution in [2.45, 2.75) is 5.60 Å². The van der Waals surface area contributed by atoms with E-state index in [1.54, 1.807) is 18.2 Å². The number of hydrogen-bond acceptors (Lipinski definition) is 3. The molecule has 0 aliphatic carbocycles. The fourth-order valence-corrected chi connectivity index (χ4v) is 1.30. The van der Waals surface area contributed by atoms with Crippen LogP contribution < -0.4 is 0 Å². The number of carboxylic acid groups (broad SMARTS) is 1. The number of carbonyl (C=O) groups is 1. The Morgan fingerprint density at radius 3 is 2.36 bits per heavy atom. The lowest BCUT2D eigenvalue weighted by Crippen LogP contribution is -2.40. The number of aliphatic carboxylic acids is 1. The third-order valence-corrected chi connectivity index (χ3v) is 2.20. The van der Waals surface area contributed by atoms with E-state index >= 15 is 0 Å². The van der Waals surface area contributed by atoms with Crippen molar-refractivity contribution >= 4 is 17.8 Å². The smallest absolute Gasteiger partial charge is 0.345 e. The van der Waals surface area contributed by atoms with E-state index in [0.717, 1.165) is 0 Å². The molecule has 0 amide bonds. The normalized spacial score (nSPS) is 14.7. The van der Waals surface area contributed by atoms with Gasteiger partial charge in [0.25, 0.3) is 0 Å². The summed E-state index contributed by atoms with van der Waals surface area (Å²) < 4.78 is 4.36. The van der Waals surface area contributed by atoms with Crippen LogP contribution in [0.1, 0.15) is 5.56 Å². The van der Waals surface area contributed by atoms with Crippen LogP contribution in [0.5, 0.6) is 0 Å². The van der Waals surface area contributed by atoms with E-state index in [9.17, 15) is 4.79 Å². The van der Waals surface area contributed by atoms with E-state index < -0.39 is 18.2 Å². The third-order valence-electron chi connectivity index (χ3n) is 1.94. The third kappa shape index (κ3) is 1.72. The molecule has 14 heavy (non-hydrogen) atoms. The molecule has 4 nitrogen and oxygen atoms in total. The largest absolute Gasteiger partial charge is 0.479 e. The fraction of sp³-hybridized carbons (Fsp3) is 0.222. The predicted octanol–water partition coefficient (Wildman–Crippen LogP) is 1.13. The Bertz CT molecular complexity index is 308. The molecule has 0 aliphatic rings. The number of rotatable bonds is 4. The van der Waals surface area contributed by atoms with Crippen molar-refractivity contribution in [3.8, 4) is 0 Å². The standard InChI is InChI=1S/C9H9ClO4/c10-14-9(6-11,8(12)13)7-4-2-1-3-5-7/h1-5,11H,6H2,(H,12,13). The molecule has 0 heterocycles. The predicted molar refractivity (Wildman–Crippen MR) is 49.8 cm³/mol. The maximum absolute atomic E-state index is 10.9. The summed E-state index contributed by atoms with van der Waals surface area (Å²) in [4.78, 5) is 10.9. The molecule has 2 N–H and O–H groups in total. The molecule has 1 rings (SSSR count). The fourth-order valence-electron chi connectivity index (χ4n) is 1.09. The number of carboxylic acids is 1. The highest BCUT2D eigenvalue weighted by atomic mass is 35.5. The summed E-state index contributed by atoms with van der Waals surface area (Å²) in [7, 11) is 0. The van der Waals surface area contributed by atoms with E-state index in [1.165, 1.54) is 12.1 Å². The highest BCUT2D eigenvalue weighted by molar-refractivity contribution is 6.09. The number of aliphatic hydroxyl groups is 1. The van der Waals surface area contributed by atoms with Gasteiger partial charge < -0.3 is 10.2 Å². The Morgan fingerprint density at radius 1 is 1.43 bits per heavy atom. The van der Waals surface area contributed by atoms with Crippen molar-refractivity contribution in [1.82, 2.24) is 0 Å². The molecule has 0 bridgehead atoms. The average molecular weight is 217 g/mol. The zero-order chi connectivity index (χ0) is 10.6. The van der Waals surface area contributed by atoms with Crippen LogP contribution >= 0.6 is 11.9 Å². The molecule has 0 fully saturated rings. The lowest BCUT2D eigenvalue weighted by Gasteiger charge is -2.23. The summed E-state index contributed by atoms with van der Waals surface area (Å²) in [6, 6.07) is 8.04. The second-order valence-electron chi connectivity index (χ2n) is 2.73. The van der Waals surface area contributed by atoms with Crippen LogP contribution in [0.3, 0.4) is 0 Å². The summed E-state index contributed by atoms with van der Waals surface area (Å²) in [5, 5.41) is 17.9. The zero-order valence-electron chi connectivity index (χ0n) is 7.18. The maximum atomic E-state index is 10.9. The lowest BCUT2D eigenvalue weighted by molar-refractivity contribution is -0.159. The number of hydrogen-bond donors (Lipinski definition) is 2. The first-order valence-corrected chi connectivity index (χ1v) is 4.18. The van der Waals surface area contributed by atoms with E-state index in [1.807, 2.05) is 0 Å². The van der Waals surface area contributed by atoms with Crippen molar-refractivity contribution in [3.05, 3.63) is 35.9 Å². The summed E-state index contributed by atoms with van der Waals surface area (Å²) in [5.41, 5.74) is -1.59. The molecular formula is C9H9ClO4. The molecule has 0 saturated carbocycles. The second-order valence-corrected chi connectivity index (χ2v) is 2.89. The molecule has 1 unspecified atom stereocenters. The van der Waals surface area contributed by atoms with Gasteiger partial charge in [0.2, 0.25) is 5.60 Å². The van der Waals surface area contributed by atoms with Gasteiger partial charge in [0.1, 0.15) is 0 Å². The Morgan fingerprint density at radius 2 is 2.00 bits per heavy atom. The maximum Gasteiger partial charge on any atom is 0.345 e. The van der Waals surface area contributed by atoms with Gasteiger partial charge in [-0.1, -0.05) is 30.3 Å². The minimum absolute atomic E-state index is 0.296. The number of halogens is 1. The van der Waals surface area contributed by atoms with Gasteiger partial charge in [0.05, 0.1) is 18.5 Å². The molecule has 1 atom stereocenters. The van der Waals surface area contributed by atoms with E-state index in [0.29, 0.717) is 5.56 Å². The molecule has 1 aromatic carbocycles. The average Bonchev–Trinajstić information content (AvgIpc) is 2.22. The van der Waals surface area contributed by atoms with Gasteiger partial charge in [-0.3, -0.25) is 4.29 Å². The Labute approximate surface area is 85.9 Å². The van der Waals surface area contributed by atoms with Crippen LogP contribution in [-0.4, -0.2) is 22.8 Å². The van der Waals surface area contributed by atoms with Gasteiger partial charge in [-0.05, 0) is 5.56 Å². The van der Waals surface area contributed by atoms with Crippen molar-refractivity contribution in [3.63, 3.8) is 0 Å². The molecule has 0 radical (unpaired) electrons. The van der Waals surface area contributed by atoms with Gasteiger partial charge in [0.15, 0.2) is 0 Å². The van der Waals surface area contributed by atoms with Crippen molar-refractivity contribution in [1.29, 1.82) is 0 Å². The molecular weight excluding hydrogens is 208 g/mol. The first kappa shape index (κ1) is 11.0. The van der Waals surface area contributed by atoms with Crippen LogP contribution in [0, 0.1) is 0 Å². The summed E-state index contributed by atoms with van der Waals surface area (Å²) in [6.45, 7) is -0.726. The molecule has 1 aromatic rings. The van der Waals surface area contributed by atoms with Crippen molar-refractivity contribution < 1.29 is 19.3 Å². The van der Waals surface area contributed by atoms with Crippen LogP contribution in [0.15, 0.2) is 30.3 Å². The molecule has 0 saturated heterocycles. The van der Waals surface area contributed by atoms with Gasteiger partial charge in [-0.2, -0.15) is 0 Å². The van der Waals surface area contributed by atoms with E-state index in [2.05, 4.69) is 4.29 Å². The lowest BCUT2D eigenvalue weighted by atomic mass is 9.95. The minimum Gasteiger partial charge on any atom is -0.479 e. The van der Waals surface area contributed by atoms with Crippen molar-refractivity contribution in [2.24, 2.45) is 0 Å². The molecule has 0 aromatic heterocycles. The first-order valence-electron chi connectivity index (χ1n) is 3.87. The quantitative estimate of drug-likeness (QED) is 0.792. The Hall–Kier alpha value is -1.10. The minimum atomic E-state index is -1.89. The second kappa shape index (κ2) is 4.41. The van der Waals surface area contributed by atoms with Crippen LogP contribution in [0.25, 0.3) is 0 Å². The summed E-state index contributed by atoms with van der Waals surface area (Å²) in [5.74, 6) is -1.33. The highest BCUT2D eigenvalue weighted by Gasteiger charge is 2.41. The molecule has 76 valence electrons. The zero-order valence-corrected chi connectivity index (χ0v) is 7.94. The SMILES string of the molecule is O=C(O)C(CO)(OCl)c1ccccc1. The van der Waals surface area contributed by atoms with Gasteiger partial charge in [0, 0.05) is 0 Å². The molecule has 0 aliphatic heterocycles.